The summed E-state index contributed by atoms with van der Waals surface area (Å²) in [6.07, 6.45) is 0. The number of thiophene rings is 1. The van der Waals surface area contributed by atoms with E-state index in [9.17, 15) is 0 Å². The van der Waals surface area contributed by atoms with Gasteiger partial charge in [0, 0.05) is 0 Å². The molecule has 16 heavy (non-hydrogen) atoms. The van der Waals surface area contributed by atoms with E-state index in [2.05, 4.69) is 85.0 Å². The third-order valence-electron chi connectivity index (χ3n) is 2.42. The summed E-state index contributed by atoms with van der Waals surface area (Å²) in [5, 5.41) is 0. The number of benzene rings is 1. The molecule has 1 unspecified atom stereocenters. The molecule has 2 rings (SSSR count). The maximum Gasteiger partial charge on any atom is 0.0757 e. The summed E-state index contributed by atoms with van der Waals surface area (Å²) < 4.78 is 2.32. The zero-order valence-corrected chi connectivity index (χ0v) is 14.1. The summed E-state index contributed by atoms with van der Waals surface area (Å²) in [5.41, 5.74) is 3.89. The van der Waals surface area contributed by atoms with Gasteiger partial charge < -0.3 is 0 Å². The molecule has 84 valence electrons. The van der Waals surface area contributed by atoms with Crippen molar-refractivity contribution in [3.8, 4) is 0 Å². The van der Waals surface area contributed by atoms with E-state index in [0.29, 0.717) is 0 Å². The van der Waals surface area contributed by atoms with Gasteiger partial charge in [-0.2, -0.15) is 0 Å². The van der Waals surface area contributed by atoms with Crippen molar-refractivity contribution in [2.75, 3.05) is 0 Å². The average molecular weight is 425 g/mol. The molecule has 1 heterocycles. The van der Waals surface area contributed by atoms with Crippen LogP contribution in [0.25, 0.3) is 0 Å². The van der Waals surface area contributed by atoms with Gasteiger partial charge in [0.25, 0.3) is 0 Å². The highest BCUT2D eigenvalue weighted by molar-refractivity contribution is 9.12. The molecule has 0 aliphatic rings. The first-order valence-corrected chi connectivity index (χ1v) is 8.05. The smallest absolute Gasteiger partial charge is 0.0757 e. The minimum atomic E-state index is 0.241. The molecule has 4 heteroatoms. The molecule has 0 spiro atoms. The average Bonchev–Trinajstić information content (AvgIpc) is 2.58. The lowest BCUT2D eigenvalue weighted by molar-refractivity contribution is 1.15. The SMILES string of the molecule is Cc1ccccc1C(Br)c1cc(Br)sc1Br. The lowest BCUT2D eigenvalue weighted by Crippen LogP contribution is -1.94. The van der Waals surface area contributed by atoms with Gasteiger partial charge in [0.2, 0.25) is 0 Å². The fourth-order valence-electron chi connectivity index (χ4n) is 1.56. The van der Waals surface area contributed by atoms with Crippen molar-refractivity contribution in [3.63, 3.8) is 0 Å². The van der Waals surface area contributed by atoms with Crippen molar-refractivity contribution in [2.45, 2.75) is 11.8 Å². The zero-order valence-electron chi connectivity index (χ0n) is 8.51. The lowest BCUT2D eigenvalue weighted by atomic mass is 10.0. The maximum absolute atomic E-state index is 3.76. The number of rotatable bonds is 2. The number of hydrogen-bond acceptors (Lipinski definition) is 1. The molecule has 0 radical (unpaired) electrons. The summed E-state index contributed by atoms with van der Waals surface area (Å²) in [4.78, 5) is 0.241. The second-order valence-corrected chi connectivity index (χ2v) is 8.16. The summed E-state index contributed by atoms with van der Waals surface area (Å²) >= 11 is 12.6. The van der Waals surface area contributed by atoms with Crippen molar-refractivity contribution in [2.24, 2.45) is 0 Å². The van der Waals surface area contributed by atoms with Crippen LogP contribution in [0.15, 0.2) is 37.9 Å². The fraction of sp³-hybridized carbons (Fsp3) is 0.167. The molecule has 0 bridgehead atoms. The zero-order chi connectivity index (χ0) is 11.7. The van der Waals surface area contributed by atoms with Gasteiger partial charge in [-0.25, -0.2) is 0 Å². The van der Waals surface area contributed by atoms with E-state index in [4.69, 9.17) is 0 Å². The molecule has 0 aliphatic carbocycles. The van der Waals surface area contributed by atoms with E-state index in [0.717, 1.165) is 3.79 Å². The molecule has 0 saturated carbocycles. The van der Waals surface area contributed by atoms with Crippen LogP contribution < -0.4 is 0 Å². The molecule has 0 N–H and O–H groups in total. The molecule has 0 fully saturated rings. The summed E-state index contributed by atoms with van der Waals surface area (Å²) in [5.74, 6) is 0. The number of hydrogen-bond donors (Lipinski definition) is 0. The van der Waals surface area contributed by atoms with Gasteiger partial charge in [-0.3, -0.25) is 0 Å². The van der Waals surface area contributed by atoms with E-state index in [1.807, 2.05) is 0 Å². The maximum atomic E-state index is 3.76. The van der Waals surface area contributed by atoms with Crippen LogP contribution in [0.3, 0.4) is 0 Å². The Hall–Kier alpha value is 0.360. The number of halogens is 3. The first-order chi connectivity index (χ1) is 7.59. The lowest BCUT2D eigenvalue weighted by Gasteiger charge is -2.12. The van der Waals surface area contributed by atoms with Crippen LogP contribution in [0.5, 0.6) is 0 Å². The van der Waals surface area contributed by atoms with Gasteiger partial charge in [0.1, 0.15) is 0 Å². The third kappa shape index (κ3) is 2.61. The van der Waals surface area contributed by atoms with Crippen LogP contribution in [0.2, 0.25) is 0 Å². The molecule has 0 aliphatic heterocycles. The predicted molar refractivity (Wildman–Crippen MR) is 81.7 cm³/mol. The van der Waals surface area contributed by atoms with Crippen LogP contribution >= 0.6 is 59.1 Å². The molecule has 1 aromatic heterocycles. The predicted octanol–water partition coefficient (Wildman–Crippen LogP) is 6.07. The van der Waals surface area contributed by atoms with Gasteiger partial charge in [0.15, 0.2) is 0 Å². The Kier molecular flexibility index (Phi) is 4.27. The van der Waals surface area contributed by atoms with Crippen molar-refractivity contribution in [3.05, 3.63) is 54.6 Å². The Labute approximate surface area is 124 Å². The molecular formula is C12H9Br3S. The second kappa shape index (κ2) is 5.34. The molecule has 1 atom stereocenters. The monoisotopic (exact) mass is 422 g/mol. The van der Waals surface area contributed by atoms with Gasteiger partial charge in [-0.1, -0.05) is 40.2 Å². The summed E-state index contributed by atoms with van der Waals surface area (Å²) in [7, 11) is 0. The van der Waals surface area contributed by atoms with E-state index in [-0.39, 0.29) is 4.83 Å². The highest BCUT2D eigenvalue weighted by Crippen LogP contribution is 2.42. The molecule has 0 nitrogen and oxygen atoms in total. The highest BCUT2D eigenvalue weighted by Gasteiger charge is 2.17. The Morgan fingerprint density at radius 3 is 2.38 bits per heavy atom. The van der Waals surface area contributed by atoms with Crippen molar-refractivity contribution in [1.82, 2.24) is 0 Å². The minimum Gasteiger partial charge on any atom is -0.121 e. The molecule has 0 amide bonds. The van der Waals surface area contributed by atoms with E-state index in [1.165, 1.54) is 20.5 Å². The van der Waals surface area contributed by atoms with Crippen molar-refractivity contribution >= 4 is 59.1 Å². The Morgan fingerprint density at radius 1 is 1.12 bits per heavy atom. The van der Waals surface area contributed by atoms with Crippen LogP contribution in [0.4, 0.5) is 0 Å². The Balaban J connectivity index is 2.43. The van der Waals surface area contributed by atoms with Gasteiger partial charge in [0.05, 0.1) is 12.4 Å². The molecular weight excluding hydrogens is 416 g/mol. The molecule has 2 aromatic rings. The molecule has 1 aromatic carbocycles. The van der Waals surface area contributed by atoms with Crippen LogP contribution in [0.1, 0.15) is 21.5 Å². The van der Waals surface area contributed by atoms with Crippen LogP contribution in [-0.2, 0) is 0 Å². The van der Waals surface area contributed by atoms with Crippen LogP contribution in [0, 0.1) is 6.92 Å². The minimum absolute atomic E-state index is 0.241. The number of alkyl halides is 1. The van der Waals surface area contributed by atoms with E-state index in [1.54, 1.807) is 11.3 Å². The largest absolute Gasteiger partial charge is 0.121 e. The van der Waals surface area contributed by atoms with Crippen molar-refractivity contribution < 1.29 is 0 Å². The van der Waals surface area contributed by atoms with Gasteiger partial charge in [-0.05, 0) is 61.5 Å². The topological polar surface area (TPSA) is 0 Å². The second-order valence-electron chi connectivity index (χ2n) is 3.50. The van der Waals surface area contributed by atoms with Crippen molar-refractivity contribution in [1.29, 1.82) is 0 Å². The molecule has 0 saturated heterocycles. The Morgan fingerprint density at radius 2 is 1.81 bits per heavy atom. The Bertz CT molecular complexity index is 505. The van der Waals surface area contributed by atoms with Crippen LogP contribution in [-0.4, -0.2) is 0 Å². The summed E-state index contributed by atoms with van der Waals surface area (Å²) in [6.45, 7) is 2.14. The first kappa shape index (κ1) is 12.8. The standard InChI is InChI=1S/C12H9Br3S/c1-7-4-2-3-5-8(7)11(14)9-6-10(13)16-12(9)15/h2-6,11H,1H3. The number of aryl methyl sites for hydroxylation is 1. The van der Waals surface area contributed by atoms with E-state index < -0.39 is 0 Å². The van der Waals surface area contributed by atoms with Gasteiger partial charge >= 0.3 is 0 Å². The third-order valence-corrected chi connectivity index (χ3v) is 5.79. The quantitative estimate of drug-likeness (QED) is 0.513. The van der Waals surface area contributed by atoms with E-state index >= 15 is 0 Å². The van der Waals surface area contributed by atoms with Gasteiger partial charge in [-0.15, -0.1) is 11.3 Å². The highest BCUT2D eigenvalue weighted by atomic mass is 79.9. The first-order valence-electron chi connectivity index (χ1n) is 4.74. The summed E-state index contributed by atoms with van der Waals surface area (Å²) in [6, 6.07) is 10.6. The normalized spacial score (nSPS) is 12.8. The fourth-order valence-corrected chi connectivity index (χ4v) is 5.80.